The molecule has 0 atom stereocenters. The van der Waals surface area contributed by atoms with E-state index in [0.29, 0.717) is 10.9 Å². The summed E-state index contributed by atoms with van der Waals surface area (Å²) in [5, 5.41) is 10.2. The Morgan fingerprint density at radius 1 is 1.17 bits per heavy atom. The summed E-state index contributed by atoms with van der Waals surface area (Å²) in [6.07, 6.45) is 0. The van der Waals surface area contributed by atoms with Crippen molar-refractivity contribution in [2.45, 2.75) is 0 Å². The van der Waals surface area contributed by atoms with Crippen LogP contribution in [0.2, 0.25) is 0 Å². The fourth-order valence-electron chi connectivity index (χ4n) is 2.07. The van der Waals surface area contributed by atoms with Crippen molar-refractivity contribution in [3.8, 4) is 5.75 Å². The molecule has 2 heterocycles. The average Bonchev–Trinajstić information content (AvgIpc) is 2.38. The average molecular weight is 243 g/mol. The summed E-state index contributed by atoms with van der Waals surface area (Å²) in [5.74, 6) is -0.560. The first-order valence-corrected chi connectivity index (χ1v) is 5.34. The Morgan fingerprint density at radius 3 is 2.67 bits per heavy atom. The second kappa shape index (κ2) is 3.46. The Balaban J connectivity index is 2.74. The standard InChI is InChI=1S/C13H9NO4/c1-14-9-5-3-2-4-7(9)11-8(12(14)16)6-10(15)13(17)18-11/h2-6,15H,1H3. The van der Waals surface area contributed by atoms with Gasteiger partial charge in [-0.25, -0.2) is 4.79 Å². The highest BCUT2D eigenvalue weighted by molar-refractivity contribution is 6.01. The first-order valence-electron chi connectivity index (χ1n) is 5.34. The quantitative estimate of drug-likeness (QED) is 0.605. The molecule has 2 aromatic heterocycles. The van der Waals surface area contributed by atoms with E-state index in [1.807, 2.05) is 0 Å². The zero-order valence-corrected chi connectivity index (χ0v) is 9.51. The zero-order chi connectivity index (χ0) is 12.9. The highest BCUT2D eigenvalue weighted by Gasteiger charge is 2.12. The molecule has 0 unspecified atom stereocenters. The van der Waals surface area contributed by atoms with Crippen molar-refractivity contribution in [2.24, 2.45) is 7.05 Å². The maximum atomic E-state index is 12.1. The molecule has 0 aliphatic rings. The Hall–Kier alpha value is -2.56. The van der Waals surface area contributed by atoms with Crippen molar-refractivity contribution in [2.75, 3.05) is 0 Å². The number of aryl methyl sites for hydroxylation is 1. The van der Waals surface area contributed by atoms with Gasteiger partial charge in [0.1, 0.15) is 0 Å². The van der Waals surface area contributed by atoms with Crippen LogP contribution in [0.3, 0.4) is 0 Å². The highest BCUT2D eigenvalue weighted by atomic mass is 16.4. The van der Waals surface area contributed by atoms with Gasteiger partial charge in [-0.3, -0.25) is 4.79 Å². The van der Waals surface area contributed by atoms with Gasteiger partial charge in [-0.05, 0) is 12.1 Å². The van der Waals surface area contributed by atoms with E-state index in [-0.39, 0.29) is 16.5 Å². The number of hydrogen-bond acceptors (Lipinski definition) is 4. The first kappa shape index (κ1) is 10.6. The molecule has 0 aliphatic heterocycles. The van der Waals surface area contributed by atoms with Crippen molar-refractivity contribution >= 4 is 21.9 Å². The molecule has 18 heavy (non-hydrogen) atoms. The Labute approximate surface area is 101 Å². The molecule has 3 rings (SSSR count). The molecule has 1 aromatic carbocycles. The summed E-state index contributed by atoms with van der Waals surface area (Å²) in [6.45, 7) is 0. The van der Waals surface area contributed by atoms with Gasteiger partial charge in [-0.15, -0.1) is 0 Å². The number of aromatic nitrogens is 1. The summed E-state index contributed by atoms with van der Waals surface area (Å²) >= 11 is 0. The third kappa shape index (κ3) is 1.27. The third-order valence-corrected chi connectivity index (χ3v) is 2.97. The second-order valence-corrected chi connectivity index (χ2v) is 4.04. The lowest BCUT2D eigenvalue weighted by atomic mass is 10.1. The van der Waals surface area contributed by atoms with E-state index >= 15 is 0 Å². The lowest BCUT2D eigenvalue weighted by molar-refractivity contribution is 0.428. The Bertz CT molecular complexity index is 889. The van der Waals surface area contributed by atoms with Crippen molar-refractivity contribution in [1.82, 2.24) is 4.57 Å². The van der Waals surface area contributed by atoms with E-state index in [9.17, 15) is 14.7 Å². The lowest BCUT2D eigenvalue weighted by Gasteiger charge is -2.07. The summed E-state index contributed by atoms with van der Waals surface area (Å²) in [6, 6.07) is 8.27. The Kier molecular flexibility index (Phi) is 2.04. The number of pyridine rings is 1. The topological polar surface area (TPSA) is 72.4 Å². The van der Waals surface area contributed by atoms with E-state index in [4.69, 9.17) is 4.42 Å². The number of nitrogens with zero attached hydrogens (tertiary/aromatic N) is 1. The van der Waals surface area contributed by atoms with Gasteiger partial charge in [0.05, 0.1) is 10.9 Å². The molecule has 0 radical (unpaired) electrons. The van der Waals surface area contributed by atoms with E-state index in [0.717, 1.165) is 6.07 Å². The third-order valence-electron chi connectivity index (χ3n) is 2.97. The second-order valence-electron chi connectivity index (χ2n) is 4.04. The van der Waals surface area contributed by atoms with Crippen LogP contribution in [0, 0.1) is 0 Å². The molecule has 0 amide bonds. The molecule has 0 saturated carbocycles. The van der Waals surface area contributed by atoms with Gasteiger partial charge in [-0.1, -0.05) is 12.1 Å². The van der Waals surface area contributed by atoms with Crippen molar-refractivity contribution < 1.29 is 9.52 Å². The molecule has 3 aromatic rings. The van der Waals surface area contributed by atoms with Crippen LogP contribution >= 0.6 is 0 Å². The van der Waals surface area contributed by atoms with Crippen LogP contribution in [0.4, 0.5) is 0 Å². The number of aromatic hydroxyl groups is 1. The molecule has 0 fully saturated rings. The maximum absolute atomic E-state index is 12.1. The molecular formula is C13H9NO4. The van der Waals surface area contributed by atoms with Crippen LogP contribution in [0.15, 0.2) is 44.3 Å². The first-order chi connectivity index (χ1) is 8.59. The predicted octanol–water partition coefficient (Wildman–Crippen LogP) is 1.35. The molecule has 90 valence electrons. The number of para-hydroxylation sites is 1. The van der Waals surface area contributed by atoms with Crippen LogP contribution in [0.5, 0.6) is 5.75 Å². The minimum Gasteiger partial charge on any atom is -0.502 e. The van der Waals surface area contributed by atoms with E-state index in [2.05, 4.69) is 0 Å². The van der Waals surface area contributed by atoms with Gasteiger partial charge in [-0.2, -0.15) is 0 Å². The number of fused-ring (bicyclic) bond motifs is 3. The Morgan fingerprint density at radius 2 is 1.89 bits per heavy atom. The minimum atomic E-state index is -0.846. The highest BCUT2D eigenvalue weighted by Crippen LogP contribution is 2.22. The fraction of sp³-hybridized carbons (Fsp3) is 0.0769. The van der Waals surface area contributed by atoms with Crippen molar-refractivity contribution in [3.05, 3.63) is 51.1 Å². The minimum absolute atomic E-state index is 0.188. The van der Waals surface area contributed by atoms with Crippen molar-refractivity contribution in [3.63, 3.8) is 0 Å². The van der Waals surface area contributed by atoms with Crippen LogP contribution in [-0.2, 0) is 7.05 Å². The predicted molar refractivity (Wildman–Crippen MR) is 66.9 cm³/mol. The van der Waals surface area contributed by atoms with E-state index < -0.39 is 11.4 Å². The SMILES string of the molecule is Cn1c(=O)c2cc(O)c(=O)oc2c2ccccc21. The van der Waals surface area contributed by atoms with Crippen molar-refractivity contribution in [1.29, 1.82) is 0 Å². The zero-order valence-electron chi connectivity index (χ0n) is 9.51. The normalized spacial score (nSPS) is 11.2. The van der Waals surface area contributed by atoms with Gasteiger partial charge in [0.15, 0.2) is 5.58 Å². The van der Waals surface area contributed by atoms with Crippen LogP contribution in [0.1, 0.15) is 0 Å². The number of benzene rings is 1. The van der Waals surface area contributed by atoms with Gasteiger partial charge in [0, 0.05) is 18.5 Å². The molecule has 0 spiro atoms. The van der Waals surface area contributed by atoms with Crippen LogP contribution in [-0.4, -0.2) is 9.67 Å². The van der Waals surface area contributed by atoms with Gasteiger partial charge >= 0.3 is 5.63 Å². The van der Waals surface area contributed by atoms with Gasteiger partial charge in [0.2, 0.25) is 5.75 Å². The van der Waals surface area contributed by atoms with E-state index in [1.54, 1.807) is 31.3 Å². The fourth-order valence-corrected chi connectivity index (χ4v) is 2.07. The summed E-state index contributed by atoms with van der Waals surface area (Å²) in [4.78, 5) is 23.4. The van der Waals surface area contributed by atoms with Gasteiger partial charge < -0.3 is 14.1 Å². The maximum Gasteiger partial charge on any atom is 0.378 e. The van der Waals surface area contributed by atoms with E-state index in [1.165, 1.54) is 4.57 Å². The number of rotatable bonds is 0. The smallest absolute Gasteiger partial charge is 0.378 e. The van der Waals surface area contributed by atoms with Crippen LogP contribution in [0.25, 0.3) is 21.9 Å². The number of hydrogen-bond donors (Lipinski definition) is 1. The molecular weight excluding hydrogens is 234 g/mol. The largest absolute Gasteiger partial charge is 0.502 e. The monoisotopic (exact) mass is 243 g/mol. The lowest BCUT2D eigenvalue weighted by Crippen LogP contribution is -2.18. The van der Waals surface area contributed by atoms with Gasteiger partial charge in [0.25, 0.3) is 5.56 Å². The molecule has 0 aliphatic carbocycles. The summed E-state index contributed by atoms with van der Waals surface area (Å²) in [7, 11) is 1.63. The molecule has 5 heteroatoms. The van der Waals surface area contributed by atoms with Crippen LogP contribution < -0.4 is 11.2 Å². The molecule has 5 nitrogen and oxygen atoms in total. The molecule has 0 bridgehead atoms. The summed E-state index contributed by atoms with van der Waals surface area (Å²) < 4.78 is 6.48. The molecule has 0 saturated heterocycles. The molecule has 1 N–H and O–H groups in total. The summed E-state index contributed by atoms with van der Waals surface area (Å²) in [5.41, 5.74) is -0.288.